The van der Waals surface area contributed by atoms with E-state index in [1.54, 1.807) is 12.1 Å². The van der Waals surface area contributed by atoms with Crippen molar-refractivity contribution in [2.75, 3.05) is 11.9 Å². The highest BCUT2D eigenvalue weighted by atomic mass is 35.5. The van der Waals surface area contributed by atoms with Crippen molar-refractivity contribution in [2.45, 2.75) is 31.6 Å². The first-order valence-electron chi connectivity index (χ1n) is 8.29. The molecule has 3 rings (SSSR count). The second-order valence-corrected chi connectivity index (χ2v) is 6.87. The molecule has 0 bridgehead atoms. The molecule has 1 N–H and O–H groups in total. The van der Waals surface area contributed by atoms with E-state index in [1.165, 1.54) is 0 Å². The molecule has 1 fully saturated rings. The van der Waals surface area contributed by atoms with Crippen LogP contribution in [0.1, 0.15) is 30.4 Å². The summed E-state index contributed by atoms with van der Waals surface area (Å²) in [6, 6.07) is 14.7. The molecule has 1 saturated carbocycles. The maximum atomic E-state index is 12.6. The van der Waals surface area contributed by atoms with Crippen LogP contribution in [0.5, 0.6) is 0 Å². The first kappa shape index (κ1) is 17.5. The Bertz CT molecular complexity index is 765. The fraction of sp³-hybridized carbons (Fsp3) is 0.300. The lowest BCUT2D eigenvalue weighted by Gasteiger charge is -2.39. The van der Waals surface area contributed by atoms with Gasteiger partial charge in [-0.15, -0.1) is 0 Å². The van der Waals surface area contributed by atoms with Crippen LogP contribution in [0.15, 0.2) is 48.5 Å². The van der Waals surface area contributed by atoms with Gasteiger partial charge in [0, 0.05) is 10.7 Å². The Kier molecular flexibility index (Phi) is 5.09. The van der Waals surface area contributed by atoms with Gasteiger partial charge < -0.3 is 10.1 Å². The van der Waals surface area contributed by atoms with Gasteiger partial charge in [0.2, 0.25) is 0 Å². The number of hydrogen-bond acceptors (Lipinski definition) is 3. The third-order valence-corrected chi connectivity index (χ3v) is 4.92. The molecule has 0 heterocycles. The summed E-state index contributed by atoms with van der Waals surface area (Å²) in [5, 5.41) is 3.35. The van der Waals surface area contributed by atoms with E-state index in [0.29, 0.717) is 10.7 Å². The van der Waals surface area contributed by atoms with Crippen LogP contribution in [-0.4, -0.2) is 18.5 Å². The van der Waals surface area contributed by atoms with Gasteiger partial charge in [0.05, 0.1) is 5.41 Å². The minimum atomic E-state index is -0.644. The first-order valence-corrected chi connectivity index (χ1v) is 8.67. The molecule has 1 aliphatic rings. The Balaban J connectivity index is 1.60. The number of anilines is 1. The normalized spacial score (nSPS) is 15.1. The number of halogens is 1. The summed E-state index contributed by atoms with van der Waals surface area (Å²) in [6.07, 6.45) is 2.42. The molecule has 0 atom stereocenters. The Morgan fingerprint density at radius 2 is 1.72 bits per heavy atom. The molecule has 25 heavy (non-hydrogen) atoms. The molecule has 2 aromatic rings. The van der Waals surface area contributed by atoms with Gasteiger partial charge in [0.1, 0.15) is 0 Å². The molecule has 0 spiro atoms. The van der Waals surface area contributed by atoms with Crippen LogP contribution < -0.4 is 5.32 Å². The lowest BCUT2D eigenvalue weighted by atomic mass is 9.64. The molecule has 4 nitrogen and oxygen atoms in total. The van der Waals surface area contributed by atoms with Gasteiger partial charge in [-0.3, -0.25) is 9.59 Å². The standard InChI is InChI=1S/C20H20ClNO3/c1-14-3-9-17(10-4-14)22-18(23)13-25-19(24)20(11-2-12-20)15-5-7-16(21)8-6-15/h3-10H,2,11-13H2,1H3,(H,22,23). The van der Waals surface area contributed by atoms with Crippen LogP contribution in [0, 0.1) is 6.92 Å². The number of aryl methyl sites for hydroxylation is 1. The SMILES string of the molecule is Cc1ccc(NC(=O)COC(=O)C2(c3ccc(Cl)cc3)CCC2)cc1. The lowest BCUT2D eigenvalue weighted by Crippen LogP contribution is -2.44. The molecule has 130 valence electrons. The summed E-state index contributed by atoms with van der Waals surface area (Å²) in [5.74, 6) is -0.692. The Morgan fingerprint density at radius 3 is 2.28 bits per heavy atom. The van der Waals surface area contributed by atoms with Crippen LogP contribution in [0.3, 0.4) is 0 Å². The van der Waals surface area contributed by atoms with Crippen molar-refractivity contribution in [3.63, 3.8) is 0 Å². The molecule has 5 heteroatoms. The zero-order valence-electron chi connectivity index (χ0n) is 14.0. The highest BCUT2D eigenvalue weighted by Gasteiger charge is 2.47. The minimum Gasteiger partial charge on any atom is -0.455 e. The van der Waals surface area contributed by atoms with Crippen molar-refractivity contribution < 1.29 is 14.3 Å². The van der Waals surface area contributed by atoms with Gasteiger partial charge >= 0.3 is 5.97 Å². The second kappa shape index (κ2) is 7.28. The van der Waals surface area contributed by atoms with E-state index in [2.05, 4.69) is 5.32 Å². The Hall–Kier alpha value is -2.33. The first-order chi connectivity index (χ1) is 12.0. The summed E-state index contributed by atoms with van der Waals surface area (Å²) in [7, 11) is 0. The number of carbonyl (C=O) groups excluding carboxylic acids is 2. The maximum Gasteiger partial charge on any atom is 0.317 e. The fourth-order valence-corrected chi connectivity index (χ4v) is 3.14. The summed E-state index contributed by atoms with van der Waals surface area (Å²) in [4.78, 5) is 24.6. The average molecular weight is 358 g/mol. The van der Waals surface area contributed by atoms with E-state index in [-0.39, 0.29) is 18.5 Å². The van der Waals surface area contributed by atoms with E-state index in [9.17, 15) is 9.59 Å². The summed E-state index contributed by atoms with van der Waals surface area (Å²) in [6.45, 7) is 1.68. The maximum absolute atomic E-state index is 12.6. The zero-order chi connectivity index (χ0) is 17.9. The average Bonchev–Trinajstić information content (AvgIpc) is 2.56. The fourth-order valence-electron chi connectivity index (χ4n) is 3.01. The number of carbonyl (C=O) groups is 2. The monoisotopic (exact) mass is 357 g/mol. The molecule has 1 aliphatic carbocycles. The number of ether oxygens (including phenoxy) is 1. The quantitative estimate of drug-likeness (QED) is 0.814. The number of hydrogen-bond donors (Lipinski definition) is 1. The van der Waals surface area contributed by atoms with E-state index >= 15 is 0 Å². The van der Waals surface area contributed by atoms with Gasteiger partial charge in [0.15, 0.2) is 6.61 Å². The number of benzene rings is 2. The lowest BCUT2D eigenvalue weighted by molar-refractivity contribution is -0.156. The van der Waals surface area contributed by atoms with Gasteiger partial charge in [-0.1, -0.05) is 47.9 Å². The molecule has 0 saturated heterocycles. The van der Waals surface area contributed by atoms with Crippen molar-refractivity contribution in [1.82, 2.24) is 0 Å². The Labute approximate surface area is 152 Å². The number of nitrogens with one attached hydrogen (secondary N) is 1. The van der Waals surface area contributed by atoms with Crippen molar-refractivity contribution in [2.24, 2.45) is 0 Å². The highest BCUT2D eigenvalue weighted by Crippen LogP contribution is 2.45. The van der Waals surface area contributed by atoms with Crippen molar-refractivity contribution in [3.8, 4) is 0 Å². The molecular weight excluding hydrogens is 338 g/mol. The smallest absolute Gasteiger partial charge is 0.317 e. The van der Waals surface area contributed by atoms with E-state index in [1.807, 2.05) is 43.3 Å². The van der Waals surface area contributed by atoms with Crippen LogP contribution >= 0.6 is 11.6 Å². The molecule has 1 amide bonds. The van der Waals surface area contributed by atoms with Crippen molar-refractivity contribution in [1.29, 1.82) is 0 Å². The molecule has 0 radical (unpaired) electrons. The van der Waals surface area contributed by atoms with Crippen LogP contribution in [0.4, 0.5) is 5.69 Å². The largest absolute Gasteiger partial charge is 0.455 e. The number of rotatable bonds is 5. The van der Waals surface area contributed by atoms with E-state index in [4.69, 9.17) is 16.3 Å². The van der Waals surface area contributed by atoms with Gasteiger partial charge in [-0.25, -0.2) is 0 Å². The third-order valence-electron chi connectivity index (χ3n) is 4.66. The van der Waals surface area contributed by atoms with E-state index in [0.717, 1.165) is 30.4 Å². The van der Waals surface area contributed by atoms with Crippen LogP contribution in [-0.2, 0) is 19.7 Å². The number of esters is 1. The highest BCUT2D eigenvalue weighted by molar-refractivity contribution is 6.30. The molecule has 0 aromatic heterocycles. The second-order valence-electron chi connectivity index (χ2n) is 6.43. The van der Waals surface area contributed by atoms with Gasteiger partial charge in [0.25, 0.3) is 5.91 Å². The Morgan fingerprint density at radius 1 is 1.08 bits per heavy atom. The summed E-state index contributed by atoms with van der Waals surface area (Å²) < 4.78 is 5.31. The van der Waals surface area contributed by atoms with Gasteiger partial charge in [-0.05, 0) is 49.6 Å². The predicted molar refractivity (Wildman–Crippen MR) is 97.7 cm³/mol. The molecule has 2 aromatic carbocycles. The molecule has 0 aliphatic heterocycles. The zero-order valence-corrected chi connectivity index (χ0v) is 14.8. The minimum absolute atomic E-state index is 0.290. The summed E-state index contributed by atoms with van der Waals surface area (Å²) >= 11 is 5.92. The molecular formula is C20H20ClNO3. The van der Waals surface area contributed by atoms with Crippen molar-refractivity contribution in [3.05, 3.63) is 64.7 Å². The third kappa shape index (κ3) is 3.85. The van der Waals surface area contributed by atoms with Crippen LogP contribution in [0.2, 0.25) is 5.02 Å². The molecule has 0 unspecified atom stereocenters. The van der Waals surface area contributed by atoms with E-state index < -0.39 is 5.41 Å². The topological polar surface area (TPSA) is 55.4 Å². The van der Waals surface area contributed by atoms with Gasteiger partial charge in [-0.2, -0.15) is 0 Å². The van der Waals surface area contributed by atoms with Crippen LogP contribution in [0.25, 0.3) is 0 Å². The predicted octanol–water partition coefficient (Wildman–Crippen LogP) is 4.25. The van der Waals surface area contributed by atoms with Crippen molar-refractivity contribution >= 4 is 29.2 Å². The summed E-state index contributed by atoms with van der Waals surface area (Å²) in [5.41, 5.74) is 2.04. The number of amides is 1.